The molecule has 1 atom stereocenters. The van der Waals surface area contributed by atoms with Crippen LogP contribution in [-0.4, -0.2) is 39.2 Å². The van der Waals surface area contributed by atoms with Gasteiger partial charge in [0, 0.05) is 23.6 Å². The second-order valence-electron chi connectivity index (χ2n) is 7.37. The molecular weight excluding hydrogens is 414 g/mol. The van der Waals surface area contributed by atoms with Gasteiger partial charge in [-0.1, -0.05) is 48.0 Å². The fraction of sp³-hybridized carbons (Fsp3) is 0.208. The second kappa shape index (κ2) is 8.53. The number of fused-ring (bicyclic) bond motifs is 2. The monoisotopic (exact) mass is 437 g/mol. The van der Waals surface area contributed by atoms with Gasteiger partial charge >= 0.3 is 0 Å². The van der Waals surface area contributed by atoms with Crippen LogP contribution in [0.2, 0.25) is 0 Å². The largest absolute Gasteiger partial charge is 0.493 e. The minimum atomic E-state index is -3.87. The number of sulfonamides is 1. The van der Waals surface area contributed by atoms with Crippen molar-refractivity contribution in [1.29, 1.82) is 0 Å². The van der Waals surface area contributed by atoms with E-state index >= 15 is 0 Å². The summed E-state index contributed by atoms with van der Waals surface area (Å²) in [5.41, 5.74) is 2.63. The van der Waals surface area contributed by atoms with Crippen LogP contribution >= 0.6 is 0 Å². The van der Waals surface area contributed by atoms with Crippen LogP contribution in [0, 0.1) is 6.92 Å². The molecule has 4 rings (SSSR count). The van der Waals surface area contributed by atoms with Gasteiger partial charge in [0.25, 0.3) is 0 Å². The number of para-hydroxylation sites is 2. The van der Waals surface area contributed by atoms with Crippen molar-refractivity contribution >= 4 is 16.3 Å². The summed E-state index contributed by atoms with van der Waals surface area (Å²) >= 11 is 0. The summed E-state index contributed by atoms with van der Waals surface area (Å²) in [6.07, 6.45) is 0.615. The van der Waals surface area contributed by atoms with Crippen LogP contribution in [0.1, 0.15) is 22.6 Å². The highest BCUT2D eigenvalue weighted by Crippen LogP contribution is 2.48. The third-order valence-corrected chi connectivity index (χ3v) is 7.28. The first-order valence-corrected chi connectivity index (χ1v) is 11.3. The van der Waals surface area contributed by atoms with Gasteiger partial charge in [0.1, 0.15) is 12.0 Å². The predicted molar refractivity (Wildman–Crippen MR) is 117 cm³/mol. The average molecular weight is 438 g/mol. The van der Waals surface area contributed by atoms with Crippen LogP contribution in [0.3, 0.4) is 0 Å². The second-order valence-corrected chi connectivity index (χ2v) is 9.31. The lowest BCUT2D eigenvalue weighted by molar-refractivity contribution is -0.108. The van der Waals surface area contributed by atoms with Crippen molar-refractivity contribution in [3.05, 3.63) is 83.4 Å². The number of aryl methyl sites for hydroxylation is 1. The van der Waals surface area contributed by atoms with E-state index in [-0.39, 0.29) is 23.9 Å². The summed E-state index contributed by atoms with van der Waals surface area (Å²) in [5, 5.41) is 0. The first-order valence-electron chi connectivity index (χ1n) is 9.90. The first-order chi connectivity index (χ1) is 15.0. The van der Waals surface area contributed by atoms with Gasteiger partial charge in [-0.05, 0) is 31.2 Å². The van der Waals surface area contributed by atoms with Gasteiger partial charge in [0.15, 0.2) is 11.5 Å². The van der Waals surface area contributed by atoms with E-state index < -0.39 is 10.0 Å². The third kappa shape index (κ3) is 3.94. The first kappa shape index (κ1) is 21.1. The third-order valence-electron chi connectivity index (χ3n) is 5.43. The van der Waals surface area contributed by atoms with E-state index in [2.05, 4.69) is 0 Å². The van der Waals surface area contributed by atoms with E-state index in [1.165, 1.54) is 4.31 Å². The quantitative estimate of drug-likeness (QED) is 0.520. The molecule has 0 aliphatic carbocycles. The van der Waals surface area contributed by atoms with Crippen molar-refractivity contribution in [3.8, 4) is 17.2 Å². The molecule has 6 nitrogen and oxygen atoms in total. The molecule has 0 fully saturated rings. The molecule has 0 bridgehead atoms. The Kier molecular flexibility index (Phi) is 5.80. The van der Waals surface area contributed by atoms with Crippen LogP contribution < -0.4 is 9.47 Å². The maximum absolute atomic E-state index is 13.4. The summed E-state index contributed by atoms with van der Waals surface area (Å²) in [6, 6.07) is 19.7. The summed E-state index contributed by atoms with van der Waals surface area (Å²) < 4.78 is 39.5. The maximum atomic E-state index is 13.4. The molecule has 0 amide bonds. The Hall–Kier alpha value is -3.16. The fourth-order valence-corrected chi connectivity index (χ4v) is 5.21. The molecule has 0 spiro atoms. The van der Waals surface area contributed by atoms with Crippen molar-refractivity contribution in [2.75, 3.05) is 20.2 Å². The molecular formula is C24H23NO5S. The zero-order chi connectivity index (χ0) is 22.0. The van der Waals surface area contributed by atoms with Crippen LogP contribution in [0.4, 0.5) is 0 Å². The minimum absolute atomic E-state index is 0.0927. The summed E-state index contributed by atoms with van der Waals surface area (Å²) in [5.74, 6) is 1.45. The van der Waals surface area contributed by atoms with Gasteiger partial charge in [-0.3, -0.25) is 0 Å². The zero-order valence-corrected chi connectivity index (χ0v) is 18.1. The zero-order valence-electron chi connectivity index (χ0n) is 17.3. The topological polar surface area (TPSA) is 72.9 Å². The van der Waals surface area contributed by atoms with Gasteiger partial charge in [0.2, 0.25) is 10.0 Å². The smallest absolute Gasteiger partial charge is 0.243 e. The molecule has 0 saturated carbocycles. The van der Waals surface area contributed by atoms with Crippen LogP contribution in [-0.2, 0) is 14.8 Å². The van der Waals surface area contributed by atoms with E-state index in [0.29, 0.717) is 23.5 Å². The van der Waals surface area contributed by atoms with Crippen molar-refractivity contribution in [1.82, 2.24) is 4.31 Å². The van der Waals surface area contributed by atoms with E-state index in [1.54, 1.807) is 37.4 Å². The number of methoxy groups -OCH3 is 1. The number of nitrogens with zero attached hydrogens (tertiary/aromatic N) is 1. The number of carbonyl (C=O) groups is 1. The van der Waals surface area contributed by atoms with Gasteiger partial charge in [0.05, 0.1) is 18.6 Å². The lowest BCUT2D eigenvalue weighted by Gasteiger charge is -2.32. The van der Waals surface area contributed by atoms with Crippen molar-refractivity contribution in [3.63, 3.8) is 0 Å². The molecule has 3 aromatic rings. The lowest BCUT2D eigenvalue weighted by Crippen LogP contribution is -2.37. The highest BCUT2D eigenvalue weighted by molar-refractivity contribution is 7.89. The Morgan fingerprint density at radius 3 is 2.42 bits per heavy atom. The maximum Gasteiger partial charge on any atom is 0.243 e. The normalized spacial score (nSPS) is 15.0. The van der Waals surface area contributed by atoms with E-state index in [9.17, 15) is 13.2 Å². The number of hydrogen-bond donors (Lipinski definition) is 0. The molecule has 0 N–H and O–H groups in total. The van der Waals surface area contributed by atoms with Crippen LogP contribution in [0.15, 0.2) is 71.6 Å². The Balaban J connectivity index is 1.79. The highest BCUT2D eigenvalue weighted by Gasteiger charge is 2.34. The molecule has 0 aromatic heterocycles. The Bertz CT molecular complexity index is 1200. The van der Waals surface area contributed by atoms with Crippen molar-refractivity contribution in [2.24, 2.45) is 0 Å². The van der Waals surface area contributed by atoms with Crippen LogP contribution in [0.5, 0.6) is 17.2 Å². The Morgan fingerprint density at radius 1 is 1.00 bits per heavy atom. The van der Waals surface area contributed by atoms with Gasteiger partial charge in [-0.15, -0.1) is 0 Å². The van der Waals surface area contributed by atoms with E-state index in [1.807, 2.05) is 43.3 Å². The number of ether oxygens (including phenoxy) is 2. The molecule has 7 heteroatoms. The summed E-state index contributed by atoms with van der Waals surface area (Å²) in [6.45, 7) is 1.74. The summed E-state index contributed by atoms with van der Waals surface area (Å²) in [4.78, 5) is 11.6. The molecule has 31 heavy (non-hydrogen) atoms. The molecule has 1 unspecified atom stereocenters. The molecule has 0 radical (unpaired) electrons. The fourth-order valence-electron chi connectivity index (χ4n) is 3.83. The number of aldehydes is 1. The van der Waals surface area contributed by atoms with E-state index in [4.69, 9.17) is 9.47 Å². The summed E-state index contributed by atoms with van der Waals surface area (Å²) in [7, 11) is -2.31. The van der Waals surface area contributed by atoms with Crippen molar-refractivity contribution < 1.29 is 22.7 Å². The number of rotatable bonds is 7. The SMILES string of the molecule is COc1cccc2c1Oc1ccccc1C2CN(CC=O)S(=O)(=O)c1ccc(C)cc1. The van der Waals surface area contributed by atoms with Crippen LogP contribution in [0.25, 0.3) is 0 Å². The van der Waals surface area contributed by atoms with Gasteiger partial charge in [-0.2, -0.15) is 4.31 Å². The molecule has 3 aromatic carbocycles. The van der Waals surface area contributed by atoms with E-state index in [0.717, 1.165) is 16.7 Å². The average Bonchev–Trinajstić information content (AvgIpc) is 2.78. The molecule has 1 heterocycles. The lowest BCUT2D eigenvalue weighted by atomic mass is 9.87. The van der Waals surface area contributed by atoms with Crippen molar-refractivity contribution in [2.45, 2.75) is 17.7 Å². The highest BCUT2D eigenvalue weighted by atomic mass is 32.2. The van der Waals surface area contributed by atoms with Gasteiger partial charge < -0.3 is 14.3 Å². The molecule has 160 valence electrons. The standard InChI is InChI=1S/C24H23NO5S/c1-17-10-12-18(13-11-17)31(27,28)25(14-15-26)16-21-19-6-3-4-8-22(19)30-24-20(21)7-5-9-23(24)29-2/h3-13,15,21H,14,16H2,1-2H3. The van der Waals surface area contributed by atoms with Gasteiger partial charge in [-0.25, -0.2) is 8.42 Å². The number of hydrogen-bond acceptors (Lipinski definition) is 5. The molecule has 1 aliphatic heterocycles. The Labute approximate surface area is 182 Å². The molecule has 1 aliphatic rings. The number of carbonyl (C=O) groups excluding carboxylic acids is 1. The minimum Gasteiger partial charge on any atom is -0.493 e. The Morgan fingerprint density at radius 2 is 1.71 bits per heavy atom. The predicted octanol–water partition coefficient (Wildman–Crippen LogP) is 4.13. The number of benzene rings is 3. The molecule has 0 saturated heterocycles.